The van der Waals surface area contributed by atoms with Crippen molar-refractivity contribution in [3.63, 3.8) is 0 Å². The molecule has 0 spiro atoms. The molecular formula is C4H12OSSi. The van der Waals surface area contributed by atoms with Crippen LogP contribution in [-0.4, -0.2) is 18.8 Å². The van der Waals surface area contributed by atoms with E-state index in [1.807, 2.05) is 13.5 Å². The topological polar surface area (TPSA) is 20.2 Å². The molecule has 0 aliphatic rings. The zero-order valence-electron chi connectivity index (χ0n) is 4.76. The van der Waals surface area contributed by atoms with Crippen LogP contribution >= 0.6 is 12.1 Å². The van der Waals surface area contributed by atoms with Gasteiger partial charge in [-0.25, -0.2) is 12.1 Å². The summed E-state index contributed by atoms with van der Waals surface area (Å²) >= 11 is 4.16. The van der Waals surface area contributed by atoms with Crippen molar-refractivity contribution in [2.75, 3.05) is 0 Å². The molecule has 0 saturated heterocycles. The van der Waals surface area contributed by atoms with E-state index in [0.29, 0.717) is 0 Å². The molecule has 0 aliphatic carbocycles. The van der Waals surface area contributed by atoms with Gasteiger partial charge in [-0.3, -0.25) is 0 Å². The maximum Gasteiger partial charge on any atom is 0.126 e. The fraction of sp³-hybridized carbons (Fsp3) is 1.00. The lowest BCUT2D eigenvalue weighted by atomic mass is 10.5. The highest BCUT2D eigenvalue weighted by Gasteiger charge is 2.06. The van der Waals surface area contributed by atoms with Crippen LogP contribution in [0.15, 0.2) is 0 Å². The van der Waals surface area contributed by atoms with Crippen molar-refractivity contribution in [3.05, 3.63) is 0 Å². The van der Waals surface area contributed by atoms with Gasteiger partial charge in [0.25, 0.3) is 0 Å². The van der Waals surface area contributed by atoms with E-state index in [1.165, 1.54) is 0 Å². The van der Waals surface area contributed by atoms with Crippen LogP contribution in [0.2, 0.25) is 6.55 Å². The van der Waals surface area contributed by atoms with Crippen molar-refractivity contribution >= 4 is 20.0 Å². The molecule has 3 heteroatoms. The first-order chi connectivity index (χ1) is 3.18. The van der Waals surface area contributed by atoms with Crippen LogP contribution in [0, 0.1) is 0 Å². The first-order valence-electron chi connectivity index (χ1n) is 2.54. The number of thiol groups is 1. The molecule has 0 aromatic rings. The molecule has 0 bridgehead atoms. The van der Waals surface area contributed by atoms with Crippen LogP contribution < -0.4 is 0 Å². The molecule has 0 saturated carbocycles. The van der Waals surface area contributed by atoms with Crippen molar-refractivity contribution < 1.29 is 5.11 Å². The quantitative estimate of drug-likeness (QED) is 0.420. The third-order valence-corrected chi connectivity index (χ3v) is 3.59. The van der Waals surface area contributed by atoms with Gasteiger partial charge in [0.15, 0.2) is 0 Å². The first-order valence-corrected chi connectivity index (χ1v) is 6.43. The fourth-order valence-corrected chi connectivity index (χ4v) is 1.66. The summed E-state index contributed by atoms with van der Waals surface area (Å²) in [6, 6.07) is 0. The van der Waals surface area contributed by atoms with Crippen LogP contribution in [0.1, 0.15) is 13.3 Å². The molecule has 0 aliphatic heterocycles. The molecule has 2 atom stereocenters. The van der Waals surface area contributed by atoms with Crippen LogP contribution in [-0.2, 0) is 0 Å². The Morgan fingerprint density at radius 3 is 2.29 bits per heavy atom. The van der Waals surface area contributed by atoms with Gasteiger partial charge >= 0.3 is 0 Å². The van der Waals surface area contributed by atoms with Gasteiger partial charge in [-0.2, -0.15) is 0 Å². The molecule has 0 amide bonds. The van der Waals surface area contributed by atoms with Gasteiger partial charge in [0, 0.05) is 0 Å². The van der Waals surface area contributed by atoms with Gasteiger partial charge in [0.2, 0.25) is 0 Å². The minimum atomic E-state index is -1.01. The Morgan fingerprint density at radius 2 is 2.29 bits per heavy atom. The van der Waals surface area contributed by atoms with Gasteiger partial charge < -0.3 is 5.11 Å². The SMILES string of the molecule is CCC(O)[SiH](C)S. The average molecular weight is 136 g/mol. The smallest absolute Gasteiger partial charge is 0.126 e. The zero-order valence-corrected chi connectivity index (χ0v) is 6.81. The van der Waals surface area contributed by atoms with Crippen LogP contribution in [0.4, 0.5) is 0 Å². The first kappa shape index (κ1) is 7.53. The highest BCUT2D eigenvalue weighted by atomic mass is 32.3. The minimum absolute atomic E-state index is 0.0941. The summed E-state index contributed by atoms with van der Waals surface area (Å²) in [5.41, 5.74) is -0.0941. The molecule has 7 heavy (non-hydrogen) atoms. The fourth-order valence-electron chi connectivity index (χ4n) is 0.341. The summed E-state index contributed by atoms with van der Waals surface area (Å²) in [5.74, 6) is 0. The summed E-state index contributed by atoms with van der Waals surface area (Å²) in [6.45, 7) is 4.00. The van der Waals surface area contributed by atoms with E-state index in [4.69, 9.17) is 5.11 Å². The standard InChI is InChI=1S/C4H12OSSi/c1-3-4(5)7(2)6/h4-7H,3H2,1-2H3. The monoisotopic (exact) mass is 136 g/mol. The predicted molar refractivity (Wildman–Crippen MR) is 38.3 cm³/mol. The van der Waals surface area contributed by atoms with Crippen molar-refractivity contribution in [3.8, 4) is 0 Å². The second-order valence-electron chi connectivity index (χ2n) is 1.72. The van der Waals surface area contributed by atoms with E-state index in [2.05, 4.69) is 12.1 Å². The lowest BCUT2D eigenvalue weighted by Gasteiger charge is -2.06. The van der Waals surface area contributed by atoms with E-state index in [-0.39, 0.29) is 5.73 Å². The summed E-state index contributed by atoms with van der Waals surface area (Å²) < 4.78 is 0. The molecule has 0 rings (SSSR count). The van der Waals surface area contributed by atoms with E-state index >= 15 is 0 Å². The molecule has 0 aromatic carbocycles. The maximum atomic E-state index is 8.92. The predicted octanol–water partition coefficient (Wildman–Crippen LogP) is 0.580. The van der Waals surface area contributed by atoms with Crippen LogP contribution in [0.25, 0.3) is 0 Å². The Bertz CT molecular complexity index is 49.0. The molecule has 0 aromatic heterocycles. The molecular weight excluding hydrogens is 124 g/mol. The number of aliphatic hydroxyl groups excluding tert-OH is 1. The molecule has 0 heterocycles. The molecule has 1 nitrogen and oxygen atoms in total. The lowest BCUT2D eigenvalue weighted by Crippen LogP contribution is -2.20. The van der Waals surface area contributed by atoms with E-state index in [0.717, 1.165) is 6.42 Å². The largest absolute Gasteiger partial charge is 0.396 e. The van der Waals surface area contributed by atoms with Crippen molar-refractivity contribution in [2.24, 2.45) is 0 Å². The van der Waals surface area contributed by atoms with E-state index in [1.54, 1.807) is 0 Å². The van der Waals surface area contributed by atoms with Crippen molar-refractivity contribution in [2.45, 2.75) is 25.6 Å². The third kappa shape index (κ3) is 3.14. The second kappa shape index (κ2) is 3.52. The van der Waals surface area contributed by atoms with Crippen LogP contribution in [0.5, 0.6) is 0 Å². The normalized spacial score (nSPS) is 18.9. The summed E-state index contributed by atoms with van der Waals surface area (Å²) in [4.78, 5) is 0. The number of aliphatic hydroxyl groups is 1. The highest BCUT2D eigenvalue weighted by Crippen LogP contribution is 1.98. The highest BCUT2D eigenvalue weighted by molar-refractivity contribution is 8.10. The van der Waals surface area contributed by atoms with Gasteiger partial charge in [0.1, 0.15) is 7.95 Å². The Labute approximate surface area is 51.4 Å². The average Bonchev–Trinajstić information content (AvgIpc) is 1.65. The molecule has 1 N–H and O–H groups in total. The third-order valence-electron chi connectivity index (χ3n) is 0.975. The van der Waals surface area contributed by atoms with Crippen molar-refractivity contribution in [1.29, 1.82) is 0 Å². The van der Waals surface area contributed by atoms with Gasteiger partial charge in [-0.1, -0.05) is 13.5 Å². The zero-order chi connectivity index (χ0) is 5.86. The van der Waals surface area contributed by atoms with Gasteiger partial charge in [-0.15, -0.1) is 0 Å². The van der Waals surface area contributed by atoms with Gasteiger partial charge in [0.05, 0.1) is 5.73 Å². The minimum Gasteiger partial charge on any atom is -0.396 e. The summed E-state index contributed by atoms with van der Waals surface area (Å²) in [7, 11) is -1.01. The van der Waals surface area contributed by atoms with Gasteiger partial charge in [-0.05, 0) is 6.42 Å². The Morgan fingerprint density at radius 1 is 1.86 bits per heavy atom. The Balaban J connectivity index is 3.14. The number of hydrogen-bond donors (Lipinski definition) is 2. The maximum absolute atomic E-state index is 8.92. The molecule has 2 unspecified atom stereocenters. The Hall–Kier alpha value is 0.527. The Kier molecular flexibility index (Phi) is 3.78. The van der Waals surface area contributed by atoms with E-state index < -0.39 is 7.95 Å². The second-order valence-corrected chi connectivity index (χ2v) is 6.41. The lowest BCUT2D eigenvalue weighted by molar-refractivity contribution is 0.247. The summed E-state index contributed by atoms with van der Waals surface area (Å²) in [6.07, 6.45) is 0.858. The van der Waals surface area contributed by atoms with E-state index in [9.17, 15) is 0 Å². The van der Waals surface area contributed by atoms with Crippen molar-refractivity contribution in [1.82, 2.24) is 0 Å². The number of rotatable bonds is 2. The number of hydrogen-bond acceptors (Lipinski definition) is 2. The summed E-state index contributed by atoms with van der Waals surface area (Å²) in [5, 5.41) is 8.92. The molecule has 0 radical (unpaired) electrons. The molecule has 44 valence electrons. The molecule has 0 fully saturated rings. The van der Waals surface area contributed by atoms with Crippen LogP contribution in [0.3, 0.4) is 0 Å².